The summed E-state index contributed by atoms with van der Waals surface area (Å²) in [5, 5.41) is 1.07. The van der Waals surface area contributed by atoms with Crippen LogP contribution in [-0.4, -0.2) is 14.5 Å². The van der Waals surface area contributed by atoms with E-state index in [4.69, 9.17) is 0 Å². The number of benzene rings is 1. The summed E-state index contributed by atoms with van der Waals surface area (Å²) in [5.41, 5.74) is 4.19. The van der Waals surface area contributed by atoms with Crippen LogP contribution in [0, 0.1) is 20.8 Å². The molecule has 106 valence electrons. The van der Waals surface area contributed by atoms with Crippen LogP contribution in [0.2, 0.25) is 0 Å². The number of hydrogen-bond acceptors (Lipinski definition) is 3. The van der Waals surface area contributed by atoms with Crippen molar-refractivity contribution >= 4 is 10.9 Å². The quantitative estimate of drug-likeness (QED) is 0.688. The molecule has 3 aromatic rings. The first-order valence-corrected chi connectivity index (χ1v) is 6.89. The van der Waals surface area contributed by atoms with E-state index in [9.17, 15) is 4.79 Å². The average molecular weight is 279 g/mol. The molecule has 0 amide bonds. The van der Waals surface area contributed by atoms with Gasteiger partial charge in [0.05, 0.1) is 16.8 Å². The van der Waals surface area contributed by atoms with Gasteiger partial charge in [-0.15, -0.1) is 0 Å². The normalized spacial score (nSPS) is 11.0. The number of aromatic nitrogens is 3. The van der Waals surface area contributed by atoms with Crippen molar-refractivity contribution in [3.8, 4) is 11.1 Å². The van der Waals surface area contributed by atoms with Crippen molar-refractivity contribution in [1.82, 2.24) is 14.5 Å². The van der Waals surface area contributed by atoms with Gasteiger partial charge in [-0.3, -0.25) is 14.3 Å². The van der Waals surface area contributed by atoms with Crippen LogP contribution >= 0.6 is 0 Å². The van der Waals surface area contributed by atoms with Gasteiger partial charge in [0.15, 0.2) is 0 Å². The molecule has 0 N–H and O–H groups in total. The molecule has 1 aromatic carbocycles. The van der Waals surface area contributed by atoms with Crippen LogP contribution in [-0.2, 0) is 7.05 Å². The first kappa shape index (κ1) is 13.5. The molecular weight excluding hydrogens is 262 g/mol. The zero-order valence-electron chi connectivity index (χ0n) is 12.6. The summed E-state index contributed by atoms with van der Waals surface area (Å²) in [4.78, 5) is 21.6. The lowest BCUT2D eigenvalue weighted by Gasteiger charge is -2.12. The highest BCUT2D eigenvalue weighted by molar-refractivity contribution is 5.95. The predicted molar refractivity (Wildman–Crippen MR) is 84.4 cm³/mol. The Balaban J connectivity index is 2.45. The molecule has 0 aliphatic carbocycles. The number of nitrogens with zero attached hydrogens (tertiary/aromatic N) is 3. The van der Waals surface area contributed by atoms with Gasteiger partial charge in [0.1, 0.15) is 5.82 Å². The van der Waals surface area contributed by atoms with E-state index >= 15 is 0 Å². The summed E-state index contributed by atoms with van der Waals surface area (Å²) < 4.78 is 1.58. The maximum atomic E-state index is 12.6. The zero-order valence-corrected chi connectivity index (χ0v) is 12.6. The molecule has 0 spiro atoms. The molecule has 0 fully saturated rings. The Morgan fingerprint density at radius 1 is 1.10 bits per heavy atom. The van der Waals surface area contributed by atoms with Crippen molar-refractivity contribution in [1.29, 1.82) is 0 Å². The zero-order chi connectivity index (χ0) is 15.1. The van der Waals surface area contributed by atoms with Crippen molar-refractivity contribution in [2.24, 2.45) is 7.05 Å². The van der Waals surface area contributed by atoms with Gasteiger partial charge in [0.2, 0.25) is 0 Å². The Morgan fingerprint density at radius 2 is 1.86 bits per heavy atom. The largest absolute Gasteiger partial charge is 0.299 e. The van der Waals surface area contributed by atoms with Gasteiger partial charge < -0.3 is 0 Å². The third kappa shape index (κ3) is 2.03. The molecule has 2 heterocycles. The lowest BCUT2D eigenvalue weighted by molar-refractivity contribution is 0.768. The van der Waals surface area contributed by atoms with Gasteiger partial charge >= 0.3 is 0 Å². The van der Waals surface area contributed by atoms with E-state index in [0.717, 1.165) is 27.7 Å². The SMILES string of the molecule is Cc1nc(C)n(C)c(=O)c1-c1ccc(C)c2cccnc12. The van der Waals surface area contributed by atoms with Crippen LogP contribution < -0.4 is 5.56 Å². The molecule has 0 saturated carbocycles. The van der Waals surface area contributed by atoms with Gasteiger partial charge in [-0.1, -0.05) is 18.2 Å². The van der Waals surface area contributed by atoms with E-state index in [-0.39, 0.29) is 5.56 Å². The fourth-order valence-corrected chi connectivity index (χ4v) is 2.67. The second-order valence-corrected chi connectivity index (χ2v) is 5.31. The molecule has 0 atom stereocenters. The number of fused-ring (bicyclic) bond motifs is 1. The number of rotatable bonds is 1. The van der Waals surface area contributed by atoms with Crippen LogP contribution in [0.25, 0.3) is 22.0 Å². The minimum atomic E-state index is -0.0317. The Kier molecular flexibility index (Phi) is 3.09. The molecule has 2 aromatic heterocycles. The lowest BCUT2D eigenvalue weighted by Crippen LogP contribution is -2.23. The molecule has 21 heavy (non-hydrogen) atoms. The Labute approximate surface area is 123 Å². The third-order valence-electron chi connectivity index (χ3n) is 3.95. The number of hydrogen-bond donors (Lipinski definition) is 0. The van der Waals surface area contributed by atoms with Gasteiger partial charge in [0.25, 0.3) is 5.56 Å². The predicted octanol–water partition coefficient (Wildman–Crippen LogP) is 2.92. The standard InChI is InChI=1S/C17H17N3O/c1-10-7-8-14(16-13(10)6-5-9-18-16)15-11(2)19-12(3)20(4)17(15)21/h5-9H,1-4H3. The van der Waals surface area contributed by atoms with Crippen molar-refractivity contribution in [3.05, 3.63) is 57.9 Å². The highest BCUT2D eigenvalue weighted by Crippen LogP contribution is 2.28. The summed E-state index contributed by atoms with van der Waals surface area (Å²) in [5.74, 6) is 0.714. The van der Waals surface area contributed by atoms with Crippen molar-refractivity contribution in [2.45, 2.75) is 20.8 Å². The minimum absolute atomic E-state index is 0.0317. The molecule has 0 aliphatic rings. The maximum absolute atomic E-state index is 12.6. The molecule has 4 nitrogen and oxygen atoms in total. The monoisotopic (exact) mass is 279 g/mol. The van der Waals surface area contributed by atoms with E-state index in [1.165, 1.54) is 0 Å². The van der Waals surface area contributed by atoms with Crippen LogP contribution in [0.4, 0.5) is 0 Å². The van der Waals surface area contributed by atoms with E-state index in [1.54, 1.807) is 17.8 Å². The summed E-state index contributed by atoms with van der Waals surface area (Å²) in [6.45, 7) is 5.76. The Bertz CT molecular complexity index is 910. The molecule has 3 rings (SSSR count). The van der Waals surface area contributed by atoms with Gasteiger partial charge in [-0.05, 0) is 32.4 Å². The van der Waals surface area contributed by atoms with Crippen LogP contribution in [0.15, 0.2) is 35.3 Å². The van der Waals surface area contributed by atoms with Crippen molar-refractivity contribution in [3.63, 3.8) is 0 Å². The first-order valence-electron chi connectivity index (χ1n) is 6.89. The maximum Gasteiger partial charge on any atom is 0.261 e. The van der Waals surface area contributed by atoms with Gasteiger partial charge in [0, 0.05) is 24.2 Å². The Morgan fingerprint density at radius 3 is 2.62 bits per heavy atom. The highest BCUT2D eigenvalue weighted by Gasteiger charge is 2.15. The topological polar surface area (TPSA) is 47.8 Å². The summed E-state index contributed by atoms with van der Waals surface area (Å²) >= 11 is 0. The van der Waals surface area contributed by atoms with Crippen molar-refractivity contribution in [2.75, 3.05) is 0 Å². The summed E-state index contributed by atoms with van der Waals surface area (Å²) in [7, 11) is 1.75. The minimum Gasteiger partial charge on any atom is -0.299 e. The number of aryl methyl sites for hydroxylation is 3. The molecule has 0 aliphatic heterocycles. The van der Waals surface area contributed by atoms with Crippen LogP contribution in [0.5, 0.6) is 0 Å². The van der Waals surface area contributed by atoms with Gasteiger partial charge in [-0.2, -0.15) is 0 Å². The average Bonchev–Trinajstić information content (AvgIpc) is 2.47. The van der Waals surface area contributed by atoms with Gasteiger partial charge in [-0.25, -0.2) is 4.98 Å². The molecule has 0 radical (unpaired) electrons. The smallest absolute Gasteiger partial charge is 0.261 e. The summed E-state index contributed by atoms with van der Waals surface area (Å²) in [6, 6.07) is 7.93. The van der Waals surface area contributed by atoms with E-state index in [1.807, 2.05) is 45.0 Å². The molecule has 0 unspecified atom stereocenters. The van der Waals surface area contributed by atoms with Crippen molar-refractivity contribution < 1.29 is 0 Å². The lowest BCUT2D eigenvalue weighted by atomic mass is 9.99. The van der Waals surface area contributed by atoms with E-state index in [2.05, 4.69) is 9.97 Å². The molecular formula is C17H17N3O. The summed E-state index contributed by atoms with van der Waals surface area (Å²) in [6.07, 6.45) is 1.76. The highest BCUT2D eigenvalue weighted by atomic mass is 16.1. The first-order chi connectivity index (χ1) is 10.0. The van der Waals surface area contributed by atoms with Crippen LogP contribution in [0.1, 0.15) is 17.1 Å². The van der Waals surface area contributed by atoms with E-state index < -0.39 is 0 Å². The third-order valence-corrected chi connectivity index (χ3v) is 3.95. The fraction of sp³-hybridized carbons (Fsp3) is 0.235. The Hall–Kier alpha value is -2.49. The van der Waals surface area contributed by atoms with Crippen LogP contribution in [0.3, 0.4) is 0 Å². The molecule has 4 heteroatoms. The number of pyridine rings is 1. The van der Waals surface area contributed by atoms with E-state index in [0.29, 0.717) is 11.4 Å². The second-order valence-electron chi connectivity index (χ2n) is 5.31. The molecule has 0 bridgehead atoms. The fourth-order valence-electron chi connectivity index (χ4n) is 2.67. The molecule has 0 saturated heterocycles. The second kappa shape index (κ2) is 4.81.